The standard InChI is InChI=1S/C19H19N3OS/c1-13-8-10-16(11-9-13)21-19-22-17(12-24-19)18(23)20-14(2)15-6-4-3-5-7-15/h3-12,14H,1-2H3,(H,20,23)(H,21,22)/t14-/m1/s1. The van der Waals surface area contributed by atoms with Gasteiger partial charge in [0.05, 0.1) is 6.04 Å². The number of aromatic nitrogens is 1. The minimum Gasteiger partial charge on any atom is -0.344 e. The van der Waals surface area contributed by atoms with Gasteiger partial charge in [-0.2, -0.15) is 0 Å². The van der Waals surface area contributed by atoms with E-state index in [0.717, 1.165) is 11.3 Å². The fraction of sp³-hybridized carbons (Fsp3) is 0.158. The normalized spacial score (nSPS) is 11.8. The summed E-state index contributed by atoms with van der Waals surface area (Å²) in [5, 5.41) is 8.67. The van der Waals surface area contributed by atoms with E-state index in [9.17, 15) is 4.79 Å². The smallest absolute Gasteiger partial charge is 0.271 e. The van der Waals surface area contributed by atoms with Gasteiger partial charge in [0, 0.05) is 11.1 Å². The number of hydrogen-bond donors (Lipinski definition) is 2. The van der Waals surface area contributed by atoms with Crippen LogP contribution < -0.4 is 10.6 Å². The number of hydrogen-bond acceptors (Lipinski definition) is 4. The summed E-state index contributed by atoms with van der Waals surface area (Å²) in [7, 11) is 0. The van der Waals surface area contributed by atoms with Crippen molar-refractivity contribution in [2.75, 3.05) is 5.32 Å². The number of nitrogens with one attached hydrogen (secondary N) is 2. The highest BCUT2D eigenvalue weighted by molar-refractivity contribution is 7.14. The van der Waals surface area contributed by atoms with Crippen molar-refractivity contribution < 1.29 is 4.79 Å². The van der Waals surface area contributed by atoms with Gasteiger partial charge in [0.15, 0.2) is 5.13 Å². The van der Waals surface area contributed by atoms with Gasteiger partial charge in [-0.3, -0.25) is 4.79 Å². The lowest BCUT2D eigenvalue weighted by Gasteiger charge is -2.13. The summed E-state index contributed by atoms with van der Waals surface area (Å²) < 4.78 is 0. The zero-order valence-corrected chi connectivity index (χ0v) is 14.4. The van der Waals surface area contributed by atoms with Crippen LogP contribution in [0.1, 0.15) is 34.6 Å². The zero-order valence-electron chi connectivity index (χ0n) is 13.6. The predicted molar refractivity (Wildman–Crippen MR) is 98.9 cm³/mol. The molecule has 122 valence electrons. The third-order valence-corrected chi connectivity index (χ3v) is 4.44. The Labute approximate surface area is 145 Å². The number of nitrogens with zero attached hydrogens (tertiary/aromatic N) is 1. The van der Waals surface area contributed by atoms with Gasteiger partial charge in [0.1, 0.15) is 5.69 Å². The highest BCUT2D eigenvalue weighted by Gasteiger charge is 2.14. The molecule has 2 N–H and O–H groups in total. The van der Waals surface area contributed by atoms with E-state index in [2.05, 4.69) is 15.6 Å². The van der Waals surface area contributed by atoms with E-state index in [1.165, 1.54) is 16.9 Å². The van der Waals surface area contributed by atoms with Crippen LogP contribution in [0, 0.1) is 6.92 Å². The summed E-state index contributed by atoms with van der Waals surface area (Å²) in [6.07, 6.45) is 0. The molecule has 4 nitrogen and oxygen atoms in total. The van der Waals surface area contributed by atoms with Gasteiger partial charge in [-0.05, 0) is 31.5 Å². The summed E-state index contributed by atoms with van der Waals surface area (Å²) in [5.41, 5.74) is 3.66. The van der Waals surface area contributed by atoms with E-state index >= 15 is 0 Å². The second-order valence-corrected chi connectivity index (χ2v) is 6.49. The zero-order chi connectivity index (χ0) is 16.9. The lowest BCUT2D eigenvalue weighted by Crippen LogP contribution is -2.26. The summed E-state index contributed by atoms with van der Waals surface area (Å²) in [5.74, 6) is -0.167. The Bertz CT molecular complexity index is 812. The Morgan fingerprint density at radius 2 is 1.79 bits per heavy atom. The number of aryl methyl sites for hydroxylation is 1. The molecule has 3 rings (SSSR count). The van der Waals surface area contributed by atoms with Crippen LogP contribution in [0.3, 0.4) is 0 Å². The first kappa shape index (κ1) is 16.2. The first-order valence-electron chi connectivity index (χ1n) is 7.77. The fourth-order valence-corrected chi connectivity index (χ4v) is 3.00. The number of benzene rings is 2. The number of thiazole rings is 1. The molecule has 1 amide bonds. The van der Waals surface area contributed by atoms with Crippen molar-refractivity contribution in [3.8, 4) is 0 Å². The molecule has 1 heterocycles. The third-order valence-electron chi connectivity index (χ3n) is 3.69. The van der Waals surface area contributed by atoms with Crippen LogP contribution in [-0.2, 0) is 0 Å². The van der Waals surface area contributed by atoms with Crippen molar-refractivity contribution in [3.63, 3.8) is 0 Å². The molecule has 0 aliphatic carbocycles. The molecule has 0 bridgehead atoms. The van der Waals surface area contributed by atoms with Crippen LogP contribution in [0.4, 0.5) is 10.8 Å². The lowest BCUT2D eigenvalue weighted by molar-refractivity contribution is 0.0935. The average Bonchev–Trinajstić information content (AvgIpc) is 3.06. The van der Waals surface area contributed by atoms with E-state index in [0.29, 0.717) is 10.8 Å². The first-order chi connectivity index (χ1) is 11.6. The van der Waals surface area contributed by atoms with Gasteiger partial charge in [-0.25, -0.2) is 4.98 Å². The summed E-state index contributed by atoms with van der Waals surface area (Å²) in [4.78, 5) is 16.7. The third kappa shape index (κ3) is 4.00. The predicted octanol–water partition coefficient (Wildman–Crippen LogP) is 4.69. The van der Waals surface area contributed by atoms with Crippen LogP contribution in [0.2, 0.25) is 0 Å². The summed E-state index contributed by atoms with van der Waals surface area (Å²) >= 11 is 1.42. The molecule has 0 fully saturated rings. The van der Waals surface area contributed by atoms with Crippen molar-refractivity contribution in [1.29, 1.82) is 0 Å². The maximum atomic E-state index is 12.3. The molecule has 1 atom stereocenters. The maximum Gasteiger partial charge on any atom is 0.271 e. The molecular weight excluding hydrogens is 318 g/mol. The van der Waals surface area contributed by atoms with Crippen molar-refractivity contribution in [1.82, 2.24) is 10.3 Å². The molecular formula is C19H19N3OS. The van der Waals surface area contributed by atoms with Gasteiger partial charge in [-0.1, -0.05) is 48.0 Å². The molecule has 3 aromatic rings. The van der Waals surface area contributed by atoms with Gasteiger partial charge < -0.3 is 10.6 Å². The van der Waals surface area contributed by atoms with Crippen LogP contribution in [0.25, 0.3) is 0 Å². The quantitative estimate of drug-likeness (QED) is 0.710. The van der Waals surface area contributed by atoms with Crippen molar-refractivity contribution in [2.45, 2.75) is 19.9 Å². The first-order valence-corrected chi connectivity index (χ1v) is 8.65. The molecule has 0 unspecified atom stereocenters. The van der Waals surface area contributed by atoms with Crippen molar-refractivity contribution in [3.05, 3.63) is 76.8 Å². The van der Waals surface area contributed by atoms with E-state index in [1.54, 1.807) is 5.38 Å². The molecule has 24 heavy (non-hydrogen) atoms. The second kappa shape index (κ2) is 7.27. The molecule has 0 radical (unpaired) electrons. The van der Waals surface area contributed by atoms with Crippen LogP contribution in [0.15, 0.2) is 60.0 Å². The molecule has 1 aromatic heterocycles. The molecule has 0 aliphatic heterocycles. The average molecular weight is 337 g/mol. The second-order valence-electron chi connectivity index (χ2n) is 5.63. The van der Waals surface area contributed by atoms with E-state index in [1.807, 2.05) is 68.4 Å². The SMILES string of the molecule is Cc1ccc(Nc2nc(C(=O)N[C@H](C)c3ccccc3)cs2)cc1. The minimum absolute atomic E-state index is 0.0612. The summed E-state index contributed by atoms with van der Waals surface area (Å²) in [6.45, 7) is 4.01. The van der Waals surface area contributed by atoms with Crippen molar-refractivity contribution >= 4 is 28.1 Å². The Hall–Kier alpha value is -2.66. The molecule has 0 saturated heterocycles. The molecule has 0 aliphatic rings. The largest absolute Gasteiger partial charge is 0.344 e. The Morgan fingerprint density at radius 3 is 2.50 bits per heavy atom. The number of rotatable bonds is 5. The highest BCUT2D eigenvalue weighted by Crippen LogP contribution is 2.22. The van der Waals surface area contributed by atoms with E-state index < -0.39 is 0 Å². The lowest BCUT2D eigenvalue weighted by atomic mass is 10.1. The van der Waals surface area contributed by atoms with Gasteiger partial charge in [0.2, 0.25) is 0 Å². The maximum absolute atomic E-state index is 12.3. The minimum atomic E-state index is -0.167. The number of amides is 1. The molecule has 0 spiro atoms. The van der Waals surface area contributed by atoms with Crippen LogP contribution in [0.5, 0.6) is 0 Å². The Balaban J connectivity index is 1.64. The van der Waals surface area contributed by atoms with Gasteiger partial charge in [-0.15, -0.1) is 11.3 Å². The van der Waals surface area contributed by atoms with Crippen molar-refractivity contribution in [2.24, 2.45) is 0 Å². The number of carbonyl (C=O) groups excluding carboxylic acids is 1. The Kier molecular flexibility index (Phi) is 4.91. The molecule has 2 aromatic carbocycles. The van der Waals surface area contributed by atoms with Gasteiger partial charge in [0.25, 0.3) is 5.91 Å². The molecule has 0 saturated carbocycles. The highest BCUT2D eigenvalue weighted by atomic mass is 32.1. The van der Waals surface area contributed by atoms with Gasteiger partial charge >= 0.3 is 0 Å². The number of carbonyl (C=O) groups is 1. The van der Waals surface area contributed by atoms with Crippen LogP contribution in [-0.4, -0.2) is 10.9 Å². The summed E-state index contributed by atoms with van der Waals surface area (Å²) in [6, 6.07) is 17.9. The number of anilines is 2. The topological polar surface area (TPSA) is 54.0 Å². The Morgan fingerprint density at radius 1 is 1.08 bits per heavy atom. The van der Waals surface area contributed by atoms with E-state index in [-0.39, 0.29) is 11.9 Å². The monoisotopic (exact) mass is 337 g/mol. The van der Waals surface area contributed by atoms with E-state index in [4.69, 9.17) is 0 Å². The molecule has 5 heteroatoms. The van der Waals surface area contributed by atoms with Crippen LogP contribution >= 0.6 is 11.3 Å². The fourth-order valence-electron chi connectivity index (χ4n) is 2.29.